The Morgan fingerprint density at radius 3 is 2.36 bits per heavy atom. The molecule has 0 radical (unpaired) electrons. The van der Waals surface area contributed by atoms with Gasteiger partial charge in [0.05, 0.1) is 0 Å². The Kier molecular flexibility index (Phi) is 7.09. The first-order valence-corrected chi connectivity index (χ1v) is 7.26. The highest BCUT2D eigenvalue weighted by Gasteiger charge is 2.05. The number of carbonyl (C=O) groups excluding carboxylic acids is 1. The number of hydrogen-bond donors (Lipinski definition) is 2. The highest BCUT2D eigenvalue weighted by Crippen LogP contribution is 2.15. The van der Waals surface area contributed by atoms with E-state index in [1.807, 2.05) is 43.3 Å². The Hall–Kier alpha value is -1.84. The Balaban J connectivity index is 0.00000242. The van der Waals surface area contributed by atoms with Gasteiger partial charge >= 0.3 is 0 Å². The van der Waals surface area contributed by atoms with Gasteiger partial charge in [0.2, 0.25) is 5.91 Å². The van der Waals surface area contributed by atoms with Crippen molar-refractivity contribution in [3.8, 4) is 0 Å². The first-order valence-electron chi connectivity index (χ1n) is 7.26. The van der Waals surface area contributed by atoms with Crippen molar-refractivity contribution in [2.24, 2.45) is 5.73 Å². The molecule has 1 unspecified atom stereocenters. The lowest BCUT2D eigenvalue weighted by atomic mass is 10.0. The van der Waals surface area contributed by atoms with Gasteiger partial charge in [0, 0.05) is 18.2 Å². The molecule has 0 saturated carbocycles. The molecule has 0 spiro atoms. The zero-order chi connectivity index (χ0) is 15.2. The quantitative estimate of drug-likeness (QED) is 0.875. The van der Waals surface area contributed by atoms with Crippen molar-refractivity contribution < 1.29 is 4.79 Å². The van der Waals surface area contributed by atoms with Crippen molar-refractivity contribution in [1.82, 2.24) is 0 Å². The van der Waals surface area contributed by atoms with Gasteiger partial charge in [-0.05, 0) is 49.1 Å². The van der Waals surface area contributed by atoms with E-state index < -0.39 is 0 Å². The maximum atomic E-state index is 12.0. The summed E-state index contributed by atoms with van der Waals surface area (Å²) in [6.45, 7) is 4.01. The average Bonchev–Trinajstić information content (AvgIpc) is 2.47. The van der Waals surface area contributed by atoms with Crippen LogP contribution in [-0.4, -0.2) is 5.91 Å². The highest BCUT2D eigenvalue weighted by molar-refractivity contribution is 5.90. The predicted octanol–water partition coefficient (Wildman–Crippen LogP) is 4.01. The third-order valence-electron chi connectivity index (χ3n) is 3.60. The third-order valence-corrected chi connectivity index (χ3v) is 3.60. The molecule has 1 amide bonds. The molecule has 4 heteroatoms. The van der Waals surface area contributed by atoms with Crippen LogP contribution >= 0.6 is 12.4 Å². The lowest BCUT2D eigenvalue weighted by Gasteiger charge is -2.09. The number of hydrogen-bond acceptors (Lipinski definition) is 2. The minimum Gasteiger partial charge on any atom is -0.326 e. The Morgan fingerprint density at radius 1 is 1.14 bits per heavy atom. The molecular formula is C18H23ClN2O. The van der Waals surface area contributed by atoms with E-state index in [1.165, 1.54) is 11.1 Å². The van der Waals surface area contributed by atoms with Crippen LogP contribution < -0.4 is 11.1 Å². The number of carbonyl (C=O) groups is 1. The van der Waals surface area contributed by atoms with E-state index in [0.717, 1.165) is 17.7 Å². The number of nitrogens with one attached hydrogen (secondary N) is 1. The van der Waals surface area contributed by atoms with Gasteiger partial charge < -0.3 is 11.1 Å². The van der Waals surface area contributed by atoms with Gasteiger partial charge in [0.1, 0.15) is 0 Å². The first kappa shape index (κ1) is 18.2. The Labute approximate surface area is 138 Å². The van der Waals surface area contributed by atoms with Gasteiger partial charge in [-0.2, -0.15) is 0 Å². The molecular weight excluding hydrogens is 296 g/mol. The minimum atomic E-state index is 0. The number of benzene rings is 2. The van der Waals surface area contributed by atoms with Gasteiger partial charge in [0.15, 0.2) is 0 Å². The average molecular weight is 319 g/mol. The van der Waals surface area contributed by atoms with E-state index in [0.29, 0.717) is 6.42 Å². The fraction of sp³-hybridized carbons (Fsp3) is 0.278. The topological polar surface area (TPSA) is 55.1 Å². The van der Waals surface area contributed by atoms with Crippen LogP contribution in [-0.2, 0) is 11.2 Å². The second kappa shape index (κ2) is 8.57. The van der Waals surface area contributed by atoms with Gasteiger partial charge in [0.25, 0.3) is 0 Å². The zero-order valence-electron chi connectivity index (χ0n) is 13.0. The number of anilines is 1. The van der Waals surface area contributed by atoms with Crippen molar-refractivity contribution in [2.45, 2.75) is 32.7 Å². The summed E-state index contributed by atoms with van der Waals surface area (Å²) < 4.78 is 0. The Bertz CT molecular complexity index is 609. The van der Waals surface area contributed by atoms with Crippen LogP contribution in [0.25, 0.3) is 0 Å². The summed E-state index contributed by atoms with van der Waals surface area (Å²) in [4.78, 5) is 12.0. The molecule has 3 nitrogen and oxygen atoms in total. The largest absolute Gasteiger partial charge is 0.326 e. The monoisotopic (exact) mass is 318 g/mol. The molecule has 118 valence electrons. The SMILES string of the molecule is Cc1ccccc1CCC(=O)Nc1ccc(C(C)N)cc1.Cl. The molecule has 0 aliphatic carbocycles. The molecule has 0 fully saturated rings. The van der Waals surface area contributed by atoms with Crippen LogP contribution in [0.1, 0.15) is 36.1 Å². The maximum Gasteiger partial charge on any atom is 0.224 e. The van der Waals surface area contributed by atoms with Crippen LogP contribution in [0, 0.1) is 6.92 Å². The van der Waals surface area contributed by atoms with Crippen molar-refractivity contribution in [3.63, 3.8) is 0 Å². The molecule has 0 aromatic heterocycles. The van der Waals surface area contributed by atoms with E-state index in [4.69, 9.17) is 5.73 Å². The molecule has 0 bridgehead atoms. The standard InChI is InChI=1S/C18H22N2O.ClH/c1-13-5-3-4-6-15(13)9-12-18(21)20-17-10-7-16(8-11-17)14(2)19;/h3-8,10-11,14H,9,12,19H2,1-2H3,(H,20,21);1H. The Morgan fingerprint density at radius 2 is 1.77 bits per heavy atom. The second-order valence-corrected chi connectivity index (χ2v) is 5.39. The van der Waals surface area contributed by atoms with Crippen molar-refractivity contribution in [3.05, 3.63) is 65.2 Å². The first-order chi connectivity index (χ1) is 10.1. The summed E-state index contributed by atoms with van der Waals surface area (Å²) in [5, 5.41) is 2.92. The third kappa shape index (κ3) is 5.17. The lowest BCUT2D eigenvalue weighted by Crippen LogP contribution is -2.13. The summed E-state index contributed by atoms with van der Waals surface area (Å²) >= 11 is 0. The van der Waals surface area contributed by atoms with E-state index in [9.17, 15) is 4.79 Å². The summed E-state index contributed by atoms with van der Waals surface area (Å²) in [5.74, 6) is 0.0341. The molecule has 0 saturated heterocycles. The van der Waals surface area contributed by atoms with Crippen LogP contribution in [0.2, 0.25) is 0 Å². The van der Waals surface area contributed by atoms with Gasteiger partial charge in [-0.15, -0.1) is 12.4 Å². The fourth-order valence-corrected chi connectivity index (χ4v) is 2.23. The summed E-state index contributed by atoms with van der Waals surface area (Å²) in [6.07, 6.45) is 1.25. The molecule has 2 rings (SSSR count). The number of aryl methyl sites for hydroxylation is 2. The van der Waals surface area contributed by atoms with Crippen molar-refractivity contribution in [2.75, 3.05) is 5.32 Å². The van der Waals surface area contributed by atoms with Gasteiger partial charge in [-0.3, -0.25) is 4.79 Å². The van der Waals surface area contributed by atoms with Crippen molar-refractivity contribution >= 4 is 24.0 Å². The van der Waals surface area contributed by atoms with Crippen LogP contribution in [0.4, 0.5) is 5.69 Å². The summed E-state index contributed by atoms with van der Waals surface area (Å²) in [7, 11) is 0. The number of nitrogens with two attached hydrogens (primary N) is 1. The lowest BCUT2D eigenvalue weighted by molar-refractivity contribution is -0.116. The molecule has 0 aliphatic rings. The number of amides is 1. The van der Waals surface area contributed by atoms with E-state index in [1.54, 1.807) is 0 Å². The zero-order valence-corrected chi connectivity index (χ0v) is 13.8. The van der Waals surface area contributed by atoms with E-state index >= 15 is 0 Å². The summed E-state index contributed by atoms with van der Waals surface area (Å²) in [5.41, 5.74) is 10.1. The smallest absolute Gasteiger partial charge is 0.224 e. The number of halogens is 1. The van der Waals surface area contributed by atoms with Gasteiger partial charge in [-0.1, -0.05) is 36.4 Å². The van der Waals surface area contributed by atoms with Crippen LogP contribution in [0.5, 0.6) is 0 Å². The molecule has 0 aliphatic heterocycles. The second-order valence-electron chi connectivity index (χ2n) is 5.39. The summed E-state index contributed by atoms with van der Waals surface area (Å²) in [6, 6.07) is 15.8. The normalized spacial score (nSPS) is 11.4. The highest BCUT2D eigenvalue weighted by atomic mass is 35.5. The maximum absolute atomic E-state index is 12.0. The molecule has 3 N–H and O–H groups in total. The predicted molar refractivity (Wildman–Crippen MR) is 94.4 cm³/mol. The number of rotatable bonds is 5. The minimum absolute atomic E-state index is 0. The van der Waals surface area contributed by atoms with E-state index in [-0.39, 0.29) is 24.4 Å². The molecule has 2 aromatic rings. The molecule has 0 heterocycles. The van der Waals surface area contributed by atoms with Crippen LogP contribution in [0.3, 0.4) is 0 Å². The van der Waals surface area contributed by atoms with Gasteiger partial charge in [-0.25, -0.2) is 0 Å². The molecule has 2 aromatic carbocycles. The van der Waals surface area contributed by atoms with Crippen LogP contribution in [0.15, 0.2) is 48.5 Å². The van der Waals surface area contributed by atoms with Crippen molar-refractivity contribution in [1.29, 1.82) is 0 Å². The molecule has 1 atom stereocenters. The fourth-order valence-electron chi connectivity index (χ4n) is 2.23. The molecule has 22 heavy (non-hydrogen) atoms. The van der Waals surface area contributed by atoms with E-state index in [2.05, 4.69) is 24.4 Å².